The van der Waals surface area contributed by atoms with Crippen molar-refractivity contribution < 1.29 is 23.1 Å². The molecular formula is C21H24ClF2N5O3. The summed E-state index contributed by atoms with van der Waals surface area (Å²) >= 11 is 6.20. The third kappa shape index (κ3) is 4.55. The molecule has 0 aromatic carbocycles. The van der Waals surface area contributed by atoms with Gasteiger partial charge in [-0.2, -0.15) is 5.10 Å². The Hall–Kier alpha value is -2.75. The molecule has 0 unspecified atom stereocenters. The highest BCUT2D eigenvalue weighted by molar-refractivity contribution is 6.33. The van der Waals surface area contributed by atoms with Gasteiger partial charge in [-0.15, -0.1) is 0 Å². The van der Waals surface area contributed by atoms with Crippen LogP contribution in [0.5, 0.6) is 5.88 Å². The zero-order chi connectivity index (χ0) is 23.1. The fourth-order valence-electron chi connectivity index (χ4n) is 4.39. The Bertz CT molecular complexity index is 1030. The fraction of sp³-hybridized carbons (Fsp3) is 0.524. The summed E-state index contributed by atoms with van der Waals surface area (Å²) < 4.78 is 31.5. The molecule has 1 aliphatic carbocycles. The number of hydrogen-bond acceptors (Lipinski definition) is 5. The molecule has 0 bridgehead atoms. The van der Waals surface area contributed by atoms with Crippen LogP contribution < -0.4 is 10.1 Å². The van der Waals surface area contributed by atoms with E-state index < -0.39 is 11.5 Å². The lowest BCUT2D eigenvalue weighted by Crippen LogP contribution is -2.61. The summed E-state index contributed by atoms with van der Waals surface area (Å²) in [4.78, 5) is 31.1. The molecule has 172 valence electrons. The standard InChI is InChI=1S/C21H24ClF2N5O3/c1-20(10-21(23,24)11-20)26-18(30)12-3-5-29(6-4-12)19(31)16-8-15(27-28-16)13-7-17(32-2)25-9-14(13)22/h7-9,12H,3-6,10-11H2,1-2H3,(H,26,30)(H,27,28). The lowest BCUT2D eigenvalue weighted by atomic mass is 9.74. The van der Waals surface area contributed by atoms with Crippen LogP contribution in [-0.2, 0) is 4.79 Å². The van der Waals surface area contributed by atoms with Crippen LogP contribution in [0.25, 0.3) is 11.3 Å². The summed E-state index contributed by atoms with van der Waals surface area (Å²) in [5.74, 6) is -3.08. The zero-order valence-electron chi connectivity index (χ0n) is 17.8. The average Bonchev–Trinajstić information content (AvgIpc) is 3.22. The van der Waals surface area contributed by atoms with E-state index in [-0.39, 0.29) is 30.6 Å². The zero-order valence-corrected chi connectivity index (χ0v) is 18.5. The highest BCUT2D eigenvalue weighted by atomic mass is 35.5. The van der Waals surface area contributed by atoms with Crippen molar-refractivity contribution in [1.82, 2.24) is 25.4 Å². The van der Waals surface area contributed by atoms with Crippen molar-refractivity contribution in [2.45, 2.75) is 44.1 Å². The van der Waals surface area contributed by atoms with E-state index in [1.54, 1.807) is 24.0 Å². The van der Waals surface area contributed by atoms with Crippen LogP contribution in [0.2, 0.25) is 5.02 Å². The Balaban J connectivity index is 1.35. The van der Waals surface area contributed by atoms with Crippen LogP contribution in [0.15, 0.2) is 18.3 Å². The van der Waals surface area contributed by atoms with Crippen molar-refractivity contribution in [1.29, 1.82) is 0 Å². The van der Waals surface area contributed by atoms with Crippen LogP contribution in [0, 0.1) is 5.92 Å². The van der Waals surface area contributed by atoms with E-state index in [2.05, 4.69) is 20.5 Å². The molecule has 4 rings (SSSR count). The number of amides is 2. The van der Waals surface area contributed by atoms with E-state index in [0.717, 1.165) is 0 Å². The number of methoxy groups -OCH3 is 1. The lowest BCUT2D eigenvalue weighted by Gasteiger charge is -2.46. The lowest BCUT2D eigenvalue weighted by molar-refractivity contribution is -0.147. The monoisotopic (exact) mass is 467 g/mol. The maximum absolute atomic E-state index is 13.2. The Morgan fingerprint density at radius 3 is 2.59 bits per heavy atom. The van der Waals surface area contributed by atoms with Crippen molar-refractivity contribution in [2.75, 3.05) is 20.2 Å². The van der Waals surface area contributed by atoms with E-state index in [0.29, 0.717) is 53.8 Å². The Morgan fingerprint density at radius 2 is 1.97 bits per heavy atom. The molecule has 2 amide bonds. The molecule has 1 aliphatic heterocycles. The van der Waals surface area contributed by atoms with Gasteiger partial charge in [-0.1, -0.05) is 11.6 Å². The minimum Gasteiger partial charge on any atom is -0.481 e. The number of hydrogen-bond donors (Lipinski definition) is 2. The minimum absolute atomic E-state index is 0.222. The van der Waals surface area contributed by atoms with Crippen molar-refractivity contribution >= 4 is 23.4 Å². The van der Waals surface area contributed by atoms with Crippen molar-refractivity contribution in [3.63, 3.8) is 0 Å². The van der Waals surface area contributed by atoms with E-state index in [1.807, 2.05) is 0 Å². The van der Waals surface area contributed by atoms with E-state index >= 15 is 0 Å². The molecule has 2 aliphatic rings. The second-order valence-corrected chi connectivity index (χ2v) is 9.11. The van der Waals surface area contributed by atoms with Crippen LogP contribution in [0.4, 0.5) is 8.78 Å². The molecular weight excluding hydrogens is 444 g/mol. The van der Waals surface area contributed by atoms with Gasteiger partial charge in [0.25, 0.3) is 11.8 Å². The summed E-state index contributed by atoms with van der Waals surface area (Å²) in [5, 5.41) is 10.1. The van der Waals surface area contributed by atoms with E-state index in [1.165, 1.54) is 13.3 Å². The highest BCUT2D eigenvalue weighted by Gasteiger charge is 2.54. The number of pyridine rings is 1. The van der Waals surface area contributed by atoms with Gasteiger partial charge >= 0.3 is 0 Å². The first kappa shape index (κ1) is 22.4. The normalized spacial score (nSPS) is 19.8. The summed E-state index contributed by atoms with van der Waals surface area (Å²) in [6.07, 6.45) is 1.72. The van der Waals surface area contributed by atoms with Crippen LogP contribution >= 0.6 is 11.6 Å². The van der Waals surface area contributed by atoms with Crippen LogP contribution in [0.3, 0.4) is 0 Å². The molecule has 2 fully saturated rings. The maximum atomic E-state index is 13.2. The maximum Gasteiger partial charge on any atom is 0.271 e. The first-order valence-electron chi connectivity index (χ1n) is 10.3. The summed E-state index contributed by atoms with van der Waals surface area (Å²) in [7, 11) is 1.49. The summed E-state index contributed by atoms with van der Waals surface area (Å²) in [6.45, 7) is 2.42. The van der Waals surface area contributed by atoms with Gasteiger partial charge in [-0.05, 0) is 25.8 Å². The first-order valence-corrected chi connectivity index (χ1v) is 10.7. The van der Waals surface area contributed by atoms with Gasteiger partial charge in [0.1, 0.15) is 5.69 Å². The molecule has 1 saturated carbocycles. The van der Waals surface area contributed by atoms with E-state index in [4.69, 9.17) is 16.3 Å². The van der Waals surface area contributed by atoms with Crippen LogP contribution in [0.1, 0.15) is 43.1 Å². The number of nitrogens with one attached hydrogen (secondary N) is 2. The molecule has 1 saturated heterocycles. The highest BCUT2D eigenvalue weighted by Crippen LogP contribution is 2.45. The number of rotatable bonds is 5. The minimum atomic E-state index is -2.70. The average molecular weight is 468 g/mol. The van der Waals surface area contributed by atoms with Crippen molar-refractivity contribution in [3.8, 4) is 17.1 Å². The number of piperidine rings is 1. The molecule has 0 spiro atoms. The van der Waals surface area contributed by atoms with Gasteiger partial charge in [0, 0.05) is 49.0 Å². The topological polar surface area (TPSA) is 100 Å². The number of nitrogens with zero attached hydrogens (tertiary/aromatic N) is 3. The van der Waals surface area contributed by atoms with Crippen LogP contribution in [-0.4, -0.2) is 63.6 Å². The van der Waals surface area contributed by atoms with Gasteiger partial charge in [-0.3, -0.25) is 14.7 Å². The number of likely N-dealkylation sites (tertiary alicyclic amines) is 1. The van der Waals surface area contributed by atoms with Gasteiger partial charge in [0.05, 0.1) is 24.0 Å². The predicted octanol–water partition coefficient (Wildman–Crippen LogP) is 3.29. The second-order valence-electron chi connectivity index (χ2n) is 8.70. The quantitative estimate of drug-likeness (QED) is 0.702. The number of aromatic amines is 1. The molecule has 8 nitrogen and oxygen atoms in total. The van der Waals surface area contributed by atoms with Gasteiger partial charge < -0.3 is 15.0 Å². The fourth-order valence-corrected chi connectivity index (χ4v) is 4.59. The summed E-state index contributed by atoms with van der Waals surface area (Å²) in [6, 6.07) is 3.24. The number of halogens is 3. The molecule has 3 heterocycles. The Labute approximate surface area is 188 Å². The SMILES string of the molecule is COc1cc(-c2cc(C(=O)N3CCC(C(=O)NC4(C)CC(F)(F)C4)CC3)[nH]n2)c(Cl)cn1. The van der Waals surface area contributed by atoms with Gasteiger partial charge in [0.15, 0.2) is 0 Å². The molecule has 11 heteroatoms. The van der Waals surface area contributed by atoms with Crippen molar-refractivity contribution in [2.24, 2.45) is 5.92 Å². The third-order valence-corrected chi connectivity index (χ3v) is 6.30. The smallest absolute Gasteiger partial charge is 0.271 e. The number of alkyl halides is 2. The number of H-pyrrole nitrogens is 1. The van der Waals surface area contributed by atoms with Gasteiger partial charge in [-0.25, -0.2) is 13.8 Å². The van der Waals surface area contributed by atoms with E-state index in [9.17, 15) is 18.4 Å². The molecule has 2 N–H and O–H groups in total. The number of aromatic nitrogens is 3. The largest absolute Gasteiger partial charge is 0.481 e. The Kier molecular flexibility index (Phi) is 5.83. The Morgan fingerprint density at radius 1 is 1.28 bits per heavy atom. The molecule has 2 aromatic rings. The third-order valence-electron chi connectivity index (χ3n) is 6.00. The molecule has 0 atom stereocenters. The van der Waals surface area contributed by atoms with Gasteiger partial charge in [0.2, 0.25) is 11.8 Å². The number of ether oxygens (including phenoxy) is 1. The van der Waals surface area contributed by atoms with Crippen molar-refractivity contribution in [3.05, 3.63) is 29.0 Å². The number of carbonyl (C=O) groups is 2. The first-order chi connectivity index (χ1) is 15.1. The molecule has 0 radical (unpaired) electrons. The predicted molar refractivity (Wildman–Crippen MR) is 113 cm³/mol. The number of carbonyl (C=O) groups excluding carboxylic acids is 2. The molecule has 32 heavy (non-hydrogen) atoms. The summed E-state index contributed by atoms with van der Waals surface area (Å²) in [5.41, 5.74) is 0.522. The second kappa shape index (κ2) is 8.31. The molecule has 2 aromatic heterocycles.